The number of fused-ring (bicyclic) bond motifs is 1. The van der Waals surface area contributed by atoms with Crippen molar-refractivity contribution in [1.82, 2.24) is 9.47 Å². The van der Waals surface area contributed by atoms with Gasteiger partial charge in [0, 0.05) is 29.7 Å². The van der Waals surface area contributed by atoms with Gasteiger partial charge in [-0.1, -0.05) is 0 Å². The zero-order valence-corrected chi connectivity index (χ0v) is 12.0. The highest BCUT2D eigenvalue weighted by atomic mass is 16.5. The van der Waals surface area contributed by atoms with Gasteiger partial charge in [-0.15, -0.1) is 0 Å². The molecule has 0 aliphatic rings. The predicted molar refractivity (Wildman–Crippen MR) is 78.2 cm³/mol. The molecule has 0 saturated heterocycles. The number of ether oxygens (including phenoxy) is 1. The van der Waals surface area contributed by atoms with Crippen LogP contribution in [0.5, 0.6) is 5.75 Å². The number of hydrogen-bond acceptors (Lipinski definition) is 3. The van der Waals surface area contributed by atoms with Gasteiger partial charge in [-0.05, 0) is 38.2 Å². The third-order valence-electron chi connectivity index (χ3n) is 3.58. The maximum atomic E-state index is 10.7. The Labute approximate surface area is 118 Å². The van der Waals surface area contributed by atoms with E-state index in [1.165, 1.54) is 0 Å². The average Bonchev–Trinajstić information content (AvgIpc) is 2.80. The Morgan fingerprint density at radius 2 is 2.20 bits per heavy atom. The summed E-state index contributed by atoms with van der Waals surface area (Å²) in [7, 11) is 3.48. The molecule has 1 aromatic heterocycles. The molecule has 0 aliphatic carbocycles. The van der Waals surface area contributed by atoms with Crippen LogP contribution in [0.1, 0.15) is 6.92 Å². The molecule has 5 heteroatoms. The summed E-state index contributed by atoms with van der Waals surface area (Å²) in [5, 5.41) is 9.95. The average molecular weight is 276 g/mol. The summed E-state index contributed by atoms with van der Waals surface area (Å²) in [4.78, 5) is 12.6. The van der Waals surface area contributed by atoms with Gasteiger partial charge in [0.05, 0.1) is 13.7 Å². The first kappa shape index (κ1) is 14.4. The van der Waals surface area contributed by atoms with Crippen molar-refractivity contribution < 1.29 is 14.6 Å². The van der Waals surface area contributed by atoms with Gasteiger partial charge in [0.25, 0.3) is 0 Å². The lowest BCUT2D eigenvalue weighted by atomic mass is 10.2. The number of benzene rings is 1. The Hall–Kier alpha value is -2.01. The van der Waals surface area contributed by atoms with Crippen LogP contribution in [0.4, 0.5) is 0 Å². The summed E-state index contributed by atoms with van der Waals surface area (Å²) >= 11 is 0. The number of methoxy groups -OCH3 is 1. The first-order valence-electron chi connectivity index (χ1n) is 6.56. The van der Waals surface area contributed by atoms with Crippen LogP contribution in [0.3, 0.4) is 0 Å². The molecule has 5 nitrogen and oxygen atoms in total. The highest BCUT2D eigenvalue weighted by molar-refractivity contribution is 5.81. The molecule has 0 unspecified atom stereocenters. The standard InChI is InChI=1S/C15H20N2O3/c1-11(16(2)10-15(18)19)9-17-7-6-12-8-13(20-3)4-5-14(12)17/h4-8,11H,9-10H2,1-3H3,(H,18,19)/t11-/m1/s1. The lowest BCUT2D eigenvalue weighted by molar-refractivity contribution is -0.138. The first-order valence-corrected chi connectivity index (χ1v) is 6.56. The summed E-state index contributed by atoms with van der Waals surface area (Å²) in [6, 6.07) is 8.14. The van der Waals surface area contributed by atoms with E-state index in [9.17, 15) is 4.79 Å². The van der Waals surface area contributed by atoms with Gasteiger partial charge < -0.3 is 14.4 Å². The zero-order valence-electron chi connectivity index (χ0n) is 12.0. The maximum Gasteiger partial charge on any atom is 0.317 e. The lowest BCUT2D eigenvalue weighted by Crippen LogP contribution is -2.36. The number of carbonyl (C=O) groups is 1. The van der Waals surface area contributed by atoms with Crippen molar-refractivity contribution >= 4 is 16.9 Å². The third-order valence-corrected chi connectivity index (χ3v) is 3.58. The Bertz CT molecular complexity index is 606. The first-order chi connectivity index (χ1) is 9.51. The van der Waals surface area contributed by atoms with Crippen LogP contribution in [0, 0.1) is 0 Å². The molecule has 0 aliphatic heterocycles. The van der Waals surface area contributed by atoms with Crippen LogP contribution in [-0.2, 0) is 11.3 Å². The molecule has 1 N–H and O–H groups in total. The number of carboxylic acid groups (broad SMARTS) is 1. The van der Waals surface area contributed by atoms with Crippen LogP contribution in [-0.4, -0.2) is 47.3 Å². The SMILES string of the molecule is COc1ccc2c(ccn2C[C@@H](C)N(C)CC(=O)O)c1. The summed E-state index contributed by atoms with van der Waals surface area (Å²) in [6.45, 7) is 2.83. The number of nitrogens with zero attached hydrogens (tertiary/aromatic N) is 2. The summed E-state index contributed by atoms with van der Waals surface area (Å²) in [5.74, 6) is 0.0349. The summed E-state index contributed by atoms with van der Waals surface area (Å²) < 4.78 is 7.35. The van der Waals surface area contributed by atoms with E-state index in [2.05, 4.69) is 4.57 Å². The normalized spacial score (nSPS) is 12.8. The summed E-state index contributed by atoms with van der Waals surface area (Å²) in [6.07, 6.45) is 2.02. The number of rotatable bonds is 6. The van der Waals surface area contributed by atoms with Gasteiger partial charge in [0.2, 0.25) is 0 Å². The molecular formula is C15H20N2O3. The topological polar surface area (TPSA) is 54.7 Å². The monoisotopic (exact) mass is 276 g/mol. The van der Waals surface area contributed by atoms with Crippen molar-refractivity contribution in [3.63, 3.8) is 0 Å². The van der Waals surface area contributed by atoms with Gasteiger partial charge in [0.15, 0.2) is 0 Å². The van der Waals surface area contributed by atoms with E-state index in [4.69, 9.17) is 9.84 Å². The van der Waals surface area contributed by atoms with Crippen molar-refractivity contribution in [3.05, 3.63) is 30.5 Å². The minimum Gasteiger partial charge on any atom is -0.497 e. The number of hydrogen-bond donors (Lipinski definition) is 1. The van der Waals surface area contributed by atoms with Crippen molar-refractivity contribution in [1.29, 1.82) is 0 Å². The highest BCUT2D eigenvalue weighted by Crippen LogP contribution is 2.22. The Morgan fingerprint density at radius 1 is 1.45 bits per heavy atom. The van der Waals surface area contributed by atoms with Gasteiger partial charge in [-0.25, -0.2) is 0 Å². The molecule has 0 saturated carbocycles. The van der Waals surface area contributed by atoms with Crippen molar-refractivity contribution in [2.45, 2.75) is 19.5 Å². The largest absolute Gasteiger partial charge is 0.497 e. The molecule has 0 amide bonds. The molecule has 2 aromatic rings. The molecule has 1 aromatic carbocycles. The fourth-order valence-corrected chi connectivity index (χ4v) is 2.26. The van der Waals surface area contributed by atoms with Crippen LogP contribution in [0.25, 0.3) is 10.9 Å². The highest BCUT2D eigenvalue weighted by Gasteiger charge is 2.13. The molecule has 1 atom stereocenters. The molecule has 0 spiro atoms. The number of aliphatic carboxylic acids is 1. The molecule has 0 bridgehead atoms. The van der Waals surface area contributed by atoms with Gasteiger partial charge in [-0.3, -0.25) is 9.69 Å². The fraction of sp³-hybridized carbons (Fsp3) is 0.400. The van der Waals surface area contributed by atoms with Crippen molar-refractivity contribution in [3.8, 4) is 5.75 Å². The fourth-order valence-electron chi connectivity index (χ4n) is 2.26. The lowest BCUT2D eigenvalue weighted by Gasteiger charge is -2.23. The predicted octanol–water partition coefficient (Wildman–Crippen LogP) is 2.05. The second kappa shape index (κ2) is 5.96. The summed E-state index contributed by atoms with van der Waals surface area (Å²) in [5.41, 5.74) is 1.13. The van der Waals surface area contributed by atoms with E-state index in [0.29, 0.717) is 0 Å². The molecule has 108 valence electrons. The third kappa shape index (κ3) is 3.11. The van der Waals surface area contributed by atoms with Gasteiger partial charge >= 0.3 is 5.97 Å². The number of likely N-dealkylation sites (N-methyl/N-ethyl adjacent to an activating group) is 1. The van der Waals surface area contributed by atoms with Crippen LogP contribution < -0.4 is 4.74 Å². The Balaban J connectivity index is 2.15. The van der Waals surface area contributed by atoms with Crippen molar-refractivity contribution in [2.75, 3.05) is 20.7 Å². The molecule has 1 heterocycles. The Morgan fingerprint density at radius 3 is 2.85 bits per heavy atom. The number of aromatic nitrogens is 1. The molecular weight excluding hydrogens is 256 g/mol. The van der Waals surface area contributed by atoms with E-state index in [-0.39, 0.29) is 12.6 Å². The number of carboxylic acids is 1. The molecule has 20 heavy (non-hydrogen) atoms. The van der Waals surface area contributed by atoms with Crippen LogP contribution >= 0.6 is 0 Å². The van der Waals surface area contributed by atoms with Gasteiger partial charge in [-0.2, -0.15) is 0 Å². The van der Waals surface area contributed by atoms with E-state index in [1.54, 1.807) is 7.11 Å². The molecule has 0 fully saturated rings. The molecule has 0 radical (unpaired) electrons. The maximum absolute atomic E-state index is 10.7. The van der Waals surface area contributed by atoms with Crippen LogP contribution in [0.2, 0.25) is 0 Å². The second-order valence-electron chi connectivity index (χ2n) is 5.05. The van der Waals surface area contributed by atoms with Gasteiger partial charge in [0.1, 0.15) is 5.75 Å². The Kier molecular flexibility index (Phi) is 4.29. The van der Waals surface area contributed by atoms with E-state index >= 15 is 0 Å². The van der Waals surface area contributed by atoms with Crippen LogP contribution in [0.15, 0.2) is 30.5 Å². The minimum absolute atomic E-state index is 0.0498. The van der Waals surface area contributed by atoms with E-state index in [1.807, 2.05) is 49.3 Å². The smallest absolute Gasteiger partial charge is 0.317 e. The molecule has 2 rings (SSSR count). The van der Waals surface area contributed by atoms with E-state index in [0.717, 1.165) is 23.2 Å². The minimum atomic E-state index is -0.804. The zero-order chi connectivity index (χ0) is 14.7. The second-order valence-corrected chi connectivity index (χ2v) is 5.05. The quantitative estimate of drug-likeness (QED) is 0.877. The van der Waals surface area contributed by atoms with E-state index < -0.39 is 5.97 Å². The van der Waals surface area contributed by atoms with Crippen molar-refractivity contribution in [2.24, 2.45) is 0 Å².